The molecule has 0 bridgehead atoms. The van der Waals surface area contributed by atoms with Gasteiger partial charge in [0.2, 0.25) is 6.41 Å². The summed E-state index contributed by atoms with van der Waals surface area (Å²) in [5, 5.41) is 2.84. The van der Waals surface area contributed by atoms with Crippen LogP contribution in [0.25, 0.3) is 0 Å². The number of carbonyl (C=O) groups excluding carboxylic acids is 1. The third kappa shape index (κ3) is 5.64. The van der Waals surface area contributed by atoms with Crippen LogP contribution >= 0.6 is 0 Å². The van der Waals surface area contributed by atoms with Gasteiger partial charge < -0.3 is 15.0 Å². The van der Waals surface area contributed by atoms with Crippen LogP contribution in [0.2, 0.25) is 0 Å². The quantitative estimate of drug-likeness (QED) is 0.408. The molecular formula is C26H29N3O2. The van der Waals surface area contributed by atoms with Gasteiger partial charge in [0.05, 0.1) is 6.67 Å². The number of nitrogens with zero attached hydrogens (tertiary/aromatic N) is 2. The molecule has 5 nitrogen and oxygen atoms in total. The topological polar surface area (TPSA) is 44.8 Å². The highest BCUT2D eigenvalue weighted by Crippen LogP contribution is 2.28. The zero-order valence-electron chi connectivity index (χ0n) is 17.7. The molecule has 1 aliphatic heterocycles. The minimum atomic E-state index is 0.405. The molecule has 3 aromatic rings. The Kier molecular flexibility index (Phi) is 7.19. The summed E-state index contributed by atoms with van der Waals surface area (Å²) >= 11 is 0. The zero-order chi connectivity index (χ0) is 21.3. The predicted molar refractivity (Wildman–Crippen MR) is 124 cm³/mol. The molecule has 0 aromatic heterocycles. The Hall–Kier alpha value is -3.31. The number of rotatable bonds is 9. The molecular weight excluding hydrogens is 386 g/mol. The van der Waals surface area contributed by atoms with E-state index in [0.29, 0.717) is 12.7 Å². The van der Waals surface area contributed by atoms with Gasteiger partial charge in [0.15, 0.2) is 0 Å². The van der Waals surface area contributed by atoms with Crippen LogP contribution in [0, 0.1) is 0 Å². The molecule has 0 aliphatic carbocycles. The Morgan fingerprint density at radius 2 is 1.55 bits per heavy atom. The van der Waals surface area contributed by atoms with Crippen molar-refractivity contribution in [2.75, 3.05) is 24.7 Å². The lowest BCUT2D eigenvalue weighted by molar-refractivity contribution is -0.109. The van der Waals surface area contributed by atoms with Gasteiger partial charge in [0.25, 0.3) is 0 Å². The van der Waals surface area contributed by atoms with Crippen LogP contribution in [-0.2, 0) is 11.3 Å². The lowest BCUT2D eigenvalue weighted by Gasteiger charge is -2.39. The summed E-state index contributed by atoms with van der Waals surface area (Å²) in [4.78, 5) is 15.7. The van der Waals surface area contributed by atoms with E-state index in [1.54, 1.807) is 0 Å². The van der Waals surface area contributed by atoms with Crippen LogP contribution in [0.1, 0.15) is 18.4 Å². The van der Waals surface area contributed by atoms with Gasteiger partial charge in [0, 0.05) is 36.9 Å². The number of benzene rings is 3. The summed E-state index contributed by atoms with van der Waals surface area (Å²) in [6, 6.07) is 28.9. The number of para-hydroxylation sites is 3. The van der Waals surface area contributed by atoms with Crippen molar-refractivity contribution in [3.63, 3.8) is 0 Å². The Morgan fingerprint density at radius 3 is 2.26 bits per heavy atom. The summed E-state index contributed by atoms with van der Waals surface area (Å²) in [5.41, 5.74) is 2.35. The first-order valence-electron chi connectivity index (χ1n) is 10.9. The summed E-state index contributed by atoms with van der Waals surface area (Å²) in [6.45, 7) is 3.42. The molecule has 1 amide bonds. The van der Waals surface area contributed by atoms with E-state index < -0.39 is 0 Å². The minimum absolute atomic E-state index is 0.405. The molecule has 0 radical (unpaired) electrons. The third-order valence-electron chi connectivity index (χ3n) is 5.77. The number of nitrogens with one attached hydrogen (secondary N) is 1. The lowest BCUT2D eigenvalue weighted by atomic mass is 10.0. The molecule has 1 aliphatic rings. The monoisotopic (exact) mass is 415 g/mol. The number of piperidine rings is 1. The van der Waals surface area contributed by atoms with Gasteiger partial charge >= 0.3 is 0 Å². The third-order valence-corrected chi connectivity index (χ3v) is 5.77. The summed E-state index contributed by atoms with van der Waals surface area (Å²) in [7, 11) is 0. The molecule has 5 heteroatoms. The van der Waals surface area contributed by atoms with Crippen molar-refractivity contribution in [1.82, 2.24) is 10.2 Å². The summed E-state index contributed by atoms with van der Waals surface area (Å²) < 4.78 is 6.14. The average Bonchev–Trinajstić information content (AvgIpc) is 2.83. The normalized spacial score (nSPS) is 14.7. The van der Waals surface area contributed by atoms with Gasteiger partial charge in [-0.2, -0.15) is 0 Å². The van der Waals surface area contributed by atoms with Gasteiger partial charge in [0.1, 0.15) is 11.5 Å². The number of carbonyl (C=O) groups is 1. The fourth-order valence-electron chi connectivity index (χ4n) is 4.17. The highest BCUT2D eigenvalue weighted by atomic mass is 16.5. The second kappa shape index (κ2) is 10.6. The van der Waals surface area contributed by atoms with E-state index in [2.05, 4.69) is 39.4 Å². The number of hydrogen-bond donors (Lipinski definition) is 1. The highest BCUT2D eigenvalue weighted by Gasteiger charge is 2.25. The van der Waals surface area contributed by atoms with Gasteiger partial charge in [-0.3, -0.25) is 9.69 Å². The maximum Gasteiger partial charge on any atom is 0.208 e. The van der Waals surface area contributed by atoms with E-state index in [9.17, 15) is 4.79 Å². The molecule has 31 heavy (non-hydrogen) atoms. The molecule has 4 rings (SSSR count). The zero-order valence-corrected chi connectivity index (χ0v) is 17.7. The standard InChI is InChI=1S/C26H29N3O2/c30-21-27-20-29(23-10-3-1-4-11-23)24-15-17-28(18-16-24)19-22-9-7-8-14-26(22)31-25-12-5-2-6-13-25/h1-14,21,24H,15-20H2,(H,27,30). The molecule has 0 atom stereocenters. The molecule has 160 valence electrons. The van der Waals surface area contributed by atoms with E-state index in [1.807, 2.05) is 60.7 Å². The summed E-state index contributed by atoms with van der Waals surface area (Å²) in [6.07, 6.45) is 2.88. The second-order valence-corrected chi connectivity index (χ2v) is 7.82. The first kappa shape index (κ1) is 20.9. The van der Waals surface area contributed by atoms with Crippen LogP contribution in [0.15, 0.2) is 84.9 Å². The van der Waals surface area contributed by atoms with Crippen molar-refractivity contribution >= 4 is 12.1 Å². The second-order valence-electron chi connectivity index (χ2n) is 7.82. The molecule has 0 saturated carbocycles. The molecule has 0 spiro atoms. The Labute approximate surface area is 184 Å². The van der Waals surface area contributed by atoms with Crippen LogP contribution in [-0.4, -0.2) is 37.1 Å². The maximum absolute atomic E-state index is 10.9. The van der Waals surface area contributed by atoms with Crippen molar-refractivity contribution in [1.29, 1.82) is 0 Å². The van der Waals surface area contributed by atoms with E-state index in [4.69, 9.17) is 4.74 Å². The molecule has 0 unspecified atom stereocenters. The molecule has 1 N–H and O–H groups in total. The first-order valence-corrected chi connectivity index (χ1v) is 10.9. The number of amides is 1. The van der Waals surface area contributed by atoms with Gasteiger partial charge in [-0.05, 0) is 43.2 Å². The largest absolute Gasteiger partial charge is 0.457 e. The molecule has 1 fully saturated rings. The van der Waals surface area contributed by atoms with Gasteiger partial charge in [-0.15, -0.1) is 0 Å². The van der Waals surface area contributed by atoms with E-state index in [-0.39, 0.29) is 0 Å². The van der Waals surface area contributed by atoms with Crippen LogP contribution < -0.4 is 15.0 Å². The molecule has 3 aromatic carbocycles. The minimum Gasteiger partial charge on any atom is -0.457 e. The Balaban J connectivity index is 1.38. The molecule has 1 heterocycles. The predicted octanol–water partition coefficient (Wildman–Crippen LogP) is 4.65. The lowest BCUT2D eigenvalue weighted by Crippen LogP contribution is -2.47. The summed E-state index contributed by atoms with van der Waals surface area (Å²) in [5.74, 6) is 1.77. The molecule has 1 saturated heterocycles. The van der Waals surface area contributed by atoms with Crippen LogP contribution in [0.5, 0.6) is 11.5 Å². The number of likely N-dealkylation sites (tertiary alicyclic amines) is 1. The van der Waals surface area contributed by atoms with Crippen molar-refractivity contribution < 1.29 is 9.53 Å². The Bertz CT molecular complexity index is 941. The van der Waals surface area contributed by atoms with E-state index >= 15 is 0 Å². The fraction of sp³-hybridized carbons (Fsp3) is 0.269. The van der Waals surface area contributed by atoms with Crippen molar-refractivity contribution in [2.24, 2.45) is 0 Å². The van der Waals surface area contributed by atoms with Crippen LogP contribution in [0.3, 0.4) is 0 Å². The Morgan fingerprint density at radius 1 is 0.903 bits per heavy atom. The average molecular weight is 416 g/mol. The highest BCUT2D eigenvalue weighted by molar-refractivity contribution is 5.51. The van der Waals surface area contributed by atoms with E-state index in [0.717, 1.165) is 56.1 Å². The maximum atomic E-state index is 10.9. The SMILES string of the molecule is O=CNCN(c1ccccc1)C1CCN(Cc2ccccc2Oc2ccccc2)CC1. The van der Waals surface area contributed by atoms with Gasteiger partial charge in [-0.25, -0.2) is 0 Å². The number of anilines is 1. The smallest absolute Gasteiger partial charge is 0.208 e. The van der Waals surface area contributed by atoms with Crippen LogP contribution in [0.4, 0.5) is 5.69 Å². The number of ether oxygens (including phenoxy) is 1. The van der Waals surface area contributed by atoms with Gasteiger partial charge in [-0.1, -0.05) is 54.6 Å². The van der Waals surface area contributed by atoms with Crippen molar-refractivity contribution in [3.8, 4) is 11.5 Å². The van der Waals surface area contributed by atoms with Crippen molar-refractivity contribution in [2.45, 2.75) is 25.4 Å². The number of hydrogen-bond acceptors (Lipinski definition) is 4. The fourth-order valence-corrected chi connectivity index (χ4v) is 4.17. The first-order chi connectivity index (χ1) is 15.3. The van der Waals surface area contributed by atoms with E-state index in [1.165, 1.54) is 5.56 Å². The van der Waals surface area contributed by atoms with Crippen molar-refractivity contribution in [3.05, 3.63) is 90.5 Å².